The highest BCUT2D eigenvalue weighted by molar-refractivity contribution is 7.99. The molecule has 0 radical (unpaired) electrons. The molecule has 2 saturated heterocycles. The summed E-state index contributed by atoms with van der Waals surface area (Å²) in [4.78, 5) is 28.7. The molecule has 0 aromatic heterocycles. The van der Waals surface area contributed by atoms with E-state index in [4.69, 9.17) is 0 Å². The molecule has 0 saturated carbocycles. The molecule has 2 heterocycles. The van der Waals surface area contributed by atoms with Crippen LogP contribution in [0.1, 0.15) is 33.1 Å². The summed E-state index contributed by atoms with van der Waals surface area (Å²) in [5.74, 6) is 2.38. The number of halogens is 1. The smallest absolute Gasteiger partial charge is 0.245 e. The van der Waals surface area contributed by atoms with Gasteiger partial charge >= 0.3 is 0 Å². The van der Waals surface area contributed by atoms with E-state index in [-0.39, 0.29) is 36.3 Å². The zero-order chi connectivity index (χ0) is 15.2. The molecule has 2 fully saturated rings. The van der Waals surface area contributed by atoms with Crippen molar-refractivity contribution < 1.29 is 9.59 Å². The highest BCUT2D eigenvalue weighted by Crippen LogP contribution is 2.22. The Hall–Kier alpha value is -0.460. The minimum atomic E-state index is -0.228. The van der Waals surface area contributed by atoms with E-state index >= 15 is 0 Å². The van der Waals surface area contributed by atoms with Gasteiger partial charge in [0.15, 0.2) is 0 Å². The molecular formula is C15H28ClN3O2S. The van der Waals surface area contributed by atoms with Crippen molar-refractivity contribution in [2.24, 2.45) is 0 Å². The van der Waals surface area contributed by atoms with Crippen molar-refractivity contribution in [2.75, 3.05) is 37.7 Å². The predicted octanol–water partition coefficient (Wildman–Crippen LogP) is 1.36. The standard InChI is InChI=1S/C15H27N3O2S.ClH/c1-3-17(4-2)15(20)13-6-5-8-18(13)14(19)10-12-11-21-9-7-16-12;/h12-13,16H,3-11H2,1-2H3;1H. The van der Waals surface area contributed by atoms with Crippen LogP contribution >= 0.6 is 24.2 Å². The lowest BCUT2D eigenvalue weighted by molar-refractivity contribution is -0.143. The first-order chi connectivity index (χ1) is 10.2. The Morgan fingerprint density at radius 1 is 1.32 bits per heavy atom. The molecule has 128 valence electrons. The molecule has 0 aliphatic carbocycles. The molecule has 2 aliphatic heterocycles. The van der Waals surface area contributed by atoms with Gasteiger partial charge in [0.25, 0.3) is 0 Å². The quantitative estimate of drug-likeness (QED) is 0.814. The van der Waals surface area contributed by atoms with Gasteiger partial charge in [-0.3, -0.25) is 9.59 Å². The molecule has 2 unspecified atom stereocenters. The van der Waals surface area contributed by atoms with Crippen LogP contribution in [0.15, 0.2) is 0 Å². The van der Waals surface area contributed by atoms with Crippen LogP contribution in [0.3, 0.4) is 0 Å². The number of hydrogen-bond donors (Lipinski definition) is 1. The number of nitrogens with one attached hydrogen (secondary N) is 1. The fourth-order valence-corrected chi connectivity index (χ4v) is 4.10. The summed E-state index contributed by atoms with van der Waals surface area (Å²) in [7, 11) is 0. The van der Waals surface area contributed by atoms with E-state index in [1.165, 1.54) is 0 Å². The van der Waals surface area contributed by atoms with Gasteiger partial charge in [0, 0.05) is 50.1 Å². The summed E-state index contributed by atoms with van der Waals surface area (Å²) in [6, 6.07) is 0.0368. The number of amides is 2. The lowest BCUT2D eigenvalue weighted by Gasteiger charge is -2.31. The highest BCUT2D eigenvalue weighted by Gasteiger charge is 2.36. The minimum Gasteiger partial charge on any atom is -0.341 e. The van der Waals surface area contributed by atoms with Gasteiger partial charge in [0.05, 0.1) is 0 Å². The van der Waals surface area contributed by atoms with Gasteiger partial charge in [-0.05, 0) is 26.7 Å². The SMILES string of the molecule is CCN(CC)C(=O)C1CCCN1C(=O)CC1CSCCN1.Cl. The van der Waals surface area contributed by atoms with Gasteiger partial charge in [-0.1, -0.05) is 0 Å². The molecule has 2 aliphatic rings. The van der Waals surface area contributed by atoms with Crippen LogP contribution in [0.2, 0.25) is 0 Å². The van der Waals surface area contributed by atoms with Crippen molar-refractivity contribution in [1.82, 2.24) is 15.1 Å². The van der Waals surface area contributed by atoms with Crippen LogP contribution in [0.5, 0.6) is 0 Å². The number of rotatable bonds is 5. The molecule has 0 aromatic carbocycles. The lowest BCUT2D eigenvalue weighted by Crippen LogP contribution is -2.49. The molecule has 0 spiro atoms. The monoisotopic (exact) mass is 349 g/mol. The molecule has 5 nitrogen and oxygen atoms in total. The Bertz CT molecular complexity index is 374. The topological polar surface area (TPSA) is 52.7 Å². The average Bonchev–Trinajstić information content (AvgIpc) is 2.99. The van der Waals surface area contributed by atoms with Gasteiger partial charge in [0.2, 0.25) is 11.8 Å². The Morgan fingerprint density at radius 3 is 2.64 bits per heavy atom. The number of carbonyl (C=O) groups is 2. The minimum absolute atomic E-state index is 0. The maximum absolute atomic E-state index is 12.5. The molecule has 2 amide bonds. The summed E-state index contributed by atoms with van der Waals surface area (Å²) in [6.45, 7) is 7.13. The molecule has 7 heteroatoms. The lowest BCUT2D eigenvalue weighted by atomic mass is 10.1. The molecule has 0 aromatic rings. The summed E-state index contributed by atoms with van der Waals surface area (Å²) in [6.07, 6.45) is 2.28. The molecular weight excluding hydrogens is 322 g/mol. The van der Waals surface area contributed by atoms with Crippen molar-refractivity contribution in [1.29, 1.82) is 0 Å². The van der Waals surface area contributed by atoms with Crippen molar-refractivity contribution in [3.8, 4) is 0 Å². The molecule has 0 bridgehead atoms. The normalized spacial score (nSPS) is 24.7. The van der Waals surface area contributed by atoms with E-state index in [2.05, 4.69) is 5.32 Å². The number of thioether (sulfide) groups is 1. The van der Waals surface area contributed by atoms with Crippen molar-refractivity contribution in [3.63, 3.8) is 0 Å². The summed E-state index contributed by atoms with van der Waals surface area (Å²) in [5, 5.41) is 3.40. The van der Waals surface area contributed by atoms with Gasteiger partial charge in [-0.2, -0.15) is 11.8 Å². The zero-order valence-electron chi connectivity index (χ0n) is 13.5. The van der Waals surface area contributed by atoms with Crippen molar-refractivity contribution in [2.45, 2.75) is 45.2 Å². The van der Waals surface area contributed by atoms with E-state index in [0.29, 0.717) is 19.5 Å². The first-order valence-corrected chi connectivity index (χ1v) is 9.22. The van der Waals surface area contributed by atoms with Gasteiger partial charge in [0.1, 0.15) is 6.04 Å². The maximum atomic E-state index is 12.5. The van der Waals surface area contributed by atoms with Crippen LogP contribution in [0.25, 0.3) is 0 Å². The Labute approximate surface area is 144 Å². The fraction of sp³-hybridized carbons (Fsp3) is 0.867. The Kier molecular flexibility index (Phi) is 8.57. The first-order valence-electron chi connectivity index (χ1n) is 8.06. The van der Waals surface area contributed by atoms with E-state index in [9.17, 15) is 9.59 Å². The third kappa shape index (κ3) is 4.77. The Balaban J connectivity index is 0.00000242. The predicted molar refractivity (Wildman–Crippen MR) is 93.6 cm³/mol. The molecule has 2 atom stereocenters. The van der Waals surface area contributed by atoms with E-state index in [1.54, 1.807) is 0 Å². The van der Waals surface area contributed by atoms with Crippen molar-refractivity contribution in [3.05, 3.63) is 0 Å². The summed E-state index contributed by atoms with van der Waals surface area (Å²) < 4.78 is 0. The van der Waals surface area contributed by atoms with Gasteiger partial charge in [-0.25, -0.2) is 0 Å². The number of hydrogen-bond acceptors (Lipinski definition) is 4. The molecule has 1 N–H and O–H groups in total. The van der Waals surface area contributed by atoms with E-state index in [1.807, 2.05) is 35.4 Å². The number of carbonyl (C=O) groups excluding carboxylic acids is 2. The largest absolute Gasteiger partial charge is 0.341 e. The van der Waals surface area contributed by atoms with Crippen LogP contribution in [0.4, 0.5) is 0 Å². The molecule has 2 rings (SSSR count). The van der Waals surface area contributed by atoms with Crippen molar-refractivity contribution >= 4 is 36.0 Å². The third-order valence-electron chi connectivity index (χ3n) is 4.35. The average molecular weight is 350 g/mol. The second-order valence-corrected chi connectivity index (χ2v) is 6.84. The third-order valence-corrected chi connectivity index (χ3v) is 5.48. The van der Waals surface area contributed by atoms with Crippen LogP contribution < -0.4 is 5.32 Å². The van der Waals surface area contributed by atoms with E-state index in [0.717, 1.165) is 37.4 Å². The van der Waals surface area contributed by atoms with Crippen LogP contribution in [-0.4, -0.2) is 71.4 Å². The number of likely N-dealkylation sites (tertiary alicyclic amines) is 1. The summed E-state index contributed by atoms with van der Waals surface area (Å²) in [5.41, 5.74) is 0. The second-order valence-electron chi connectivity index (χ2n) is 5.69. The van der Waals surface area contributed by atoms with Gasteiger partial charge in [-0.15, -0.1) is 12.4 Å². The van der Waals surface area contributed by atoms with E-state index < -0.39 is 0 Å². The van der Waals surface area contributed by atoms with Crippen LogP contribution in [-0.2, 0) is 9.59 Å². The second kappa shape index (κ2) is 9.63. The zero-order valence-corrected chi connectivity index (χ0v) is 15.2. The number of likely N-dealkylation sites (N-methyl/N-ethyl adjacent to an activating group) is 1. The fourth-order valence-electron chi connectivity index (χ4n) is 3.15. The molecule has 22 heavy (non-hydrogen) atoms. The first kappa shape index (κ1) is 19.6. The van der Waals surface area contributed by atoms with Crippen LogP contribution in [0, 0.1) is 0 Å². The van der Waals surface area contributed by atoms with Gasteiger partial charge < -0.3 is 15.1 Å². The summed E-state index contributed by atoms with van der Waals surface area (Å²) >= 11 is 1.90. The maximum Gasteiger partial charge on any atom is 0.245 e. The highest BCUT2D eigenvalue weighted by atomic mass is 35.5. The number of nitrogens with zero attached hydrogens (tertiary/aromatic N) is 2. The Morgan fingerprint density at radius 2 is 2.05 bits per heavy atom.